The van der Waals surface area contributed by atoms with Crippen molar-refractivity contribution in [3.05, 3.63) is 29.4 Å². The highest BCUT2D eigenvalue weighted by Crippen LogP contribution is 2.17. The molecule has 2 rings (SSSR count). The number of hydrogen-bond acceptors (Lipinski definition) is 5. The van der Waals surface area contributed by atoms with Crippen molar-refractivity contribution in [3.8, 4) is 17.5 Å². The lowest BCUT2D eigenvalue weighted by Crippen LogP contribution is -1.89. The molecule has 0 bridgehead atoms. The van der Waals surface area contributed by atoms with Gasteiger partial charge in [-0.3, -0.25) is 4.98 Å². The highest BCUT2D eigenvalue weighted by atomic mass is 16.5. The maximum atomic E-state index is 8.50. The van der Waals surface area contributed by atoms with Gasteiger partial charge in [0, 0.05) is 17.0 Å². The fraction of sp³-hybridized carbons (Fsp3) is 0.273. The van der Waals surface area contributed by atoms with Gasteiger partial charge < -0.3 is 4.52 Å². The Hall–Kier alpha value is -2.22. The summed E-state index contributed by atoms with van der Waals surface area (Å²) in [6.07, 6.45) is 0.135. The van der Waals surface area contributed by atoms with Crippen molar-refractivity contribution < 1.29 is 4.52 Å². The monoisotopic (exact) mass is 214 g/mol. The van der Waals surface area contributed by atoms with Crippen LogP contribution in [-0.2, 0) is 6.42 Å². The van der Waals surface area contributed by atoms with Crippen molar-refractivity contribution in [2.45, 2.75) is 20.3 Å². The van der Waals surface area contributed by atoms with Crippen molar-refractivity contribution in [1.29, 1.82) is 5.26 Å². The molecule has 0 unspecified atom stereocenters. The molecule has 5 nitrogen and oxygen atoms in total. The summed E-state index contributed by atoms with van der Waals surface area (Å²) >= 11 is 0. The third-order valence-corrected chi connectivity index (χ3v) is 2.04. The van der Waals surface area contributed by atoms with Crippen molar-refractivity contribution in [1.82, 2.24) is 15.1 Å². The Kier molecular flexibility index (Phi) is 2.64. The molecule has 0 amide bonds. The maximum absolute atomic E-state index is 8.50. The van der Waals surface area contributed by atoms with Crippen molar-refractivity contribution >= 4 is 0 Å². The fourth-order valence-electron chi connectivity index (χ4n) is 1.48. The van der Waals surface area contributed by atoms with Crippen LogP contribution < -0.4 is 0 Å². The highest BCUT2D eigenvalue weighted by Gasteiger charge is 2.09. The van der Waals surface area contributed by atoms with Crippen LogP contribution in [0.25, 0.3) is 11.4 Å². The normalized spacial score (nSPS) is 10.1. The van der Waals surface area contributed by atoms with Gasteiger partial charge in [-0.05, 0) is 26.0 Å². The highest BCUT2D eigenvalue weighted by molar-refractivity contribution is 5.55. The SMILES string of the molecule is Cc1cc(-c2noc(CC#N)n2)cc(C)n1. The Morgan fingerprint density at radius 3 is 2.56 bits per heavy atom. The van der Waals surface area contributed by atoms with Crippen LogP contribution in [0.2, 0.25) is 0 Å². The van der Waals surface area contributed by atoms with Gasteiger partial charge in [0.25, 0.3) is 0 Å². The van der Waals surface area contributed by atoms with Gasteiger partial charge in [0.15, 0.2) is 0 Å². The first-order valence-corrected chi connectivity index (χ1v) is 4.84. The standard InChI is InChI=1S/C11H10N4O/c1-7-5-9(6-8(2)13-7)11-14-10(3-4-12)16-15-11/h5-6H,3H2,1-2H3. The molecule has 16 heavy (non-hydrogen) atoms. The molecule has 0 fully saturated rings. The minimum atomic E-state index is 0.135. The zero-order valence-electron chi connectivity index (χ0n) is 9.06. The lowest BCUT2D eigenvalue weighted by Gasteiger charge is -1.98. The van der Waals surface area contributed by atoms with E-state index in [9.17, 15) is 0 Å². The number of aryl methyl sites for hydroxylation is 2. The summed E-state index contributed by atoms with van der Waals surface area (Å²) in [5, 5.41) is 12.3. The molecular weight excluding hydrogens is 204 g/mol. The van der Waals surface area contributed by atoms with Crippen LogP contribution in [-0.4, -0.2) is 15.1 Å². The third kappa shape index (κ3) is 2.06. The maximum Gasteiger partial charge on any atom is 0.241 e. The summed E-state index contributed by atoms with van der Waals surface area (Å²) in [7, 11) is 0. The van der Waals surface area contributed by atoms with Crippen LogP contribution in [0.15, 0.2) is 16.7 Å². The van der Waals surface area contributed by atoms with E-state index in [1.165, 1.54) is 0 Å². The van der Waals surface area contributed by atoms with Crippen LogP contribution in [0.3, 0.4) is 0 Å². The second-order valence-corrected chi connectivity index (χ2v) is 3.49. The Balaban J connectivity index is 2.39. The number of hydrogen-bond donors (Lipinski definition) is 0. The Bertz CT molecular complexity index is 533. The summed E-state index contributed by atoms with van der Waals surface area (Å²) in [6, 6.07) is 5.73. The van der Waals surface area contributed by atoms with Crippen LogP contribution in [0.1, 0.15) is 17.3 Å². The van der Waals surface area contributed by atoms with Gasteiger partial charge >= 0.3 is 0 Å². The molecule has 0 N–H and O–H groups in total. The number of nitrogens with zero attached hydrogens (tertiary/aromatic N) is 4. The van der Waals surface area contributed by atoms with Gasteiger partial charge in [0.05, 0.1) is 6.07 Å². The topological polar surface area (TPSA) is 75.6 Å². The molecule has 0 aliphatic rings. The average molecular weight is 214 g/mol. The number of pyridine rings is 1. The molecule has 0 saturated carbocycles. The van der Waals surface area contributed by atoms with E-state index in [1.54, 1.807) is 0 Å². The van der Waals surface area contributed by atoms with Crippen molar-refractivity contribution in [2.75, 3.05) is 0 Å². The summed E-state index contributed by atoms with van der Waals surface area (Å²) in [5.41, 5.74) is 2.67. The smallest absolute Gasteiger partial charge is 0.241 e. The molecule has 2 aromatic heterocycles. The van der Waals surface area contributed by atoms with Crippen LogP contribution in [0.4, 0.5) is 0 Å². The minimum Gasteiger partial charge on any atom is -0.338 e. The van der Waals surface area contributed by atoms with Gasteiger partial charge in [-0.25, -0.2) is 0 Å². The largest absolute Gasteiger partial charge is 0.338 e. The second-order valence-electron chi connectivity index (χ2n) is 3.49. The summed E-state index contributed by atoms with van der Waals surface area (Å²) < 4.78 is 4.94. The number of rotatable bonds is 2. The molecule has 0 spiro atoms. The van der Waals surface area contributed by atoms with E-state index in [1.807, 2.05) is 32.0 Å². The molecule has 0 aliphatic heterocycles. The third-order valence-electron chi connectivity index (χ3n) is 2.04. The Labute approximate surface area is 92.7 Å². The summed E-state index contributed by atoms with van der Waals surface area (Å²) in [4.78, 5) is 8.39. The van der Waals surface area contributed by atoms with Crippen LogP contribution in [0, 0.1) is 25.2 Å². The average Bonchev–Trinajstić information content (AvgIpc) is 2.65. The lowest BCUT2D eigenvalue weighted by atomic mass is 10.2. The molecular formula is C11H10N4O. The van der Waals surface area contributed by atoms with Crippen LogP contribution in [0.5, 0.6) is 0 Å². The molecule has 0 aliphatic carbocycles. The predicted molar refractivity (Wildman–Crippen MR) is 56.3 cm³/mol. The number of aromatic nitrogens is 3. The van der Waals surface area contributed by atoms with Gasteiger partial charge in [-0.15, -0.1) is 0 Å². The van der Waals surface area contributed by atoms with E-state index < -0.39 is 0 Å². The summed E-state index contributed by atoms with van der Waals surface area (Å²) in [5.74, 6) is 0.837. The molecule has 80 valence electrons. The first-order valence-electron chi connectivity index (χ1n) is 4.84. The fourth-order valence-corrected chi connectivity index (χ4v) is 1.48. The zero-order chi connectivity index (χ0) is 11.5. The van der Waals surface area contributed by atoms with Gasteiger partial charge in [-0.2, -0.15) is 10.2 Å². The van der Waals surface area contributed by atoms with E-state index in [4.69, 9.17) is 9.78 Å². The molecule has 2 heterocycles. The Morgan fingerprint density at radius 1 is 1.25 bits per heavy atom. The molecule has 5 heteroatoms. The van der Waals surface area contributed by atoms with E-state index >= 15 is 0 Å². The van der Waals surface area contributed by atoms with E-state index in [0.717, 1.165) is 17.0 Å². The van der Waals surface area contributed by atoms with E-state index in [-0.39, 0.29) is 6.42 Å². The number of nitriles is 1. The van der Waals surface area contributed by atoms with Crippen LogP contribution >= 0.6 is 0 Å². The second kappa shape index (κ2) is 4.11. The zero-order valence-corrected chi connectivity index (χ0v) is 9.06. The van der Waals surface area contributed by atoms with Crippen molar-refractivity contribution in [3.63, 3.8) is 0 Å². The first kappa shape index (κ1) is 10.3. The molecule has 0 saturated heterocycles. The minimum absolute atomic E-state index is 0.135. The van der Waals surface area contributed by atoms with E-state index in [0.29, 0.717) is 11.7 Å². The van der Waals surface area contributed by atoms with Gasteiger partial charge in [0.2, 0.25) is 11.7 Å². The quantitative estimate of drug-likeness (QED) is 0.762. The van der Waals surface area contributed by atoms with Gasteiger partial charge in [0.1, 0.15) is 6.42 Å². The lowest BCUT2D eigenvalue weighted by molar-refractivity contribution is 0.388. The first-order chi connectivity index (χ1) is 7.69. The Morgan fingerprint density at radius 2 is 1.94 bits per heavy atom. The molecule has 2 aromatic rings. The molecule has 0 aromatic carbocycles. The van der Waals surface area contributed by atoms with E-state index in [2.05, 4.69) is 15.1 Å². The molecule has 0 radical (unpaired) electrons. The van der Waals surface area contributed by atoms with Gasteiger partial charge in [-0.1, -0.05) is 5.16 Å². The summed E-state index contributed by atoms with van der Waals surface area (Å²) in [6.45, 7) is 3.82. The van der Waals surface area contributed by atoms with Crippen molar-refractivity contribution in [2.24, 2.45) is 0 Å². The molecule has 0 atom stereocenters. The predicted octanol–water partition coefficient (Wildman–Crippen LogP) is 1.81.